The molecular formula is C7H5F3O6S. The van der Waals surface area contributed by atoms with Crippen molar-refractivity contribution < 1.29 is 35.3 Å². The highest BCUT2D eigenvalue weighted by molar-refractivity contribution is 7.87. The molecule has 10 heteroatoms. The van der Waals surface area contributed by atoms with Gasteiger partial charge in [-0.05, 0) is 0 Å². The maximum atomic E-state index is 11.9. The fraction of sp³-hybridized carbons (Fsp3) is 0.286. The van der Waals surface area contributed by atoms with E-state index in [0.717, 1.165) is 0 Å². The zero-order chi connectivity index (χ0) is 13.3. The number of alkyl halides is 3. The highest BCUT2D eigenvalue weighted by atomic mass is 32.2. The zero-order valence-electron chi connectivity index (χ0n) is 7.89. The molecule has 0 bridgehead atoms. The van der Waals surface area contributed by atoms with Crippen LogP contribution < -0.4 is 9.61 Å². The lowest BCUT2D eigenvalue weighted by Gasteiger charge is -2.08. The Bertz CT molecular complexity index is 558. The average Bonchev–Trinajstić information content (AvgIpc) is 2.19. The molecule has 96 valence electrons. The summed E-state index contributed by atoms with van der Waals surface area (Å²) in [5.41, 5.74) is -6.80. The van der Waals surface area contributed by atoms with E-state index in [9.17, 15) is 26.4 Å². The molecule has 0 saturated carbocycles. The van der Waals surface area contributed by atoms with E-state index in [2.05, 4.69) is 8.60 Å². The molecule has 6 nitrogen and oxygen atoms in total. The highest BCUT2D eigenvalue weighted by Crippen LogP contribution is 2.25. The van der Waals surface area contributed by atoms with Crippen molar-refractivity contribution in [2.75, 3.05) is 0 Å². The summed E-state index contributed by atoms with van der Waals surface area (Å²) in [6.07, 6.45) is 0.372. The molecule has 0 fully saturated rings. The first kappa shape index (κ1) is 13.5. The van der Waals surface area contributed by atoms with Gasteiger partial charge in [0, 0.05) is 6.07 Å². The first-order chi connectivity index (χ1) is 7.67. The van der Waals surface area contributed by atoms with Crippen LogP contribution in [0.15, 0.2) is 21.5 Å². The van der Waals surface area contributed by atoms with Crippen LogP contribution in [0, 0.1) is 0 Å². The van der Waals surface area contributed by atoms with E-state index < -0.39 is 33.4 Å². The highest BCUT2D eigenvalue weighted by Gasteiger charge is 2.49. The molecule has 0 aliphatic rings. The van der Waals surface area contributed by atoms with Crippen molar-refractivity contribution in [1.29, 1.82) is 0 Å². The number of hydrogen-bond donors (Lipinski definition) is 1. The molecule has 1 rings (SSSR count). The Labute approximate surface area is 92.4 Å². The second-order valence-electron chi connectivity index (χ2n) is 2.72. The van der Waals surface area contributed by atoms with Crippen LogP contribution in [0.3, 0.4) is 0 Å². The molecule has 17 heavy (non-hydrogen) atoms. The summed E-state index contributed by atoms with van der Waals surface area (Å²) in [5, 5.41) is 8.54. The predicted octanol–water partition coefficient (Wildman–Crippen LogP) is 0.361. The number of hydrogen-bond acceptors (Lipinski definition) is 6. The Kier molecular flexibility index (Phi) is 3.48. The lowest BCUT2D eigenvalue weighted by Crippen LogP contribution is -2.29. The molecule has 0 saturated heterocycles. The second-order valence-corrected chi connectivity index (χ2v) is 4.25. The van der Waals surface area contributed by atoms with Crippen molar-refractivity contribution in [2.45, 2.75) is 12.1 Å². The normalized spacial score (nSPS) is 12.5. The summed E-state index contributed by atoms with van der Waals surface area (Å²) in [5.74, 6) is -1.38. The van der Waals surface area contributed by atoms with Crippen molar-refractivity contribution in [1.82, 2.24) is 0 Å². The molecule has 0 atom stereocenters. The second kappa shape index (κ2) is 4.37. The standard InChI is InChI=1S/C7H5F3O6S/c8-7(9,10)17(13,14)16-6-3-15-4(2-11)1-5(6)12/h1,3,11H,2H2. The minimum atomic E-state index is -5.92. The van der Waals surface area contributed by atoms with Crippen molar-refractivity contribution in [3.63, 3.8) is 0 Å². The Hall–Kier alpha value is -1.55. The molecule has 1 aromatic rings. The van der Waals surface area contributed by atoms with Gasteiger partial charge in [-0.2, -0.15) is 21.6 Å². The van der Waals surface area contributed by atoms with Gasteiger partial charge in [0.05, 0.1) is 0 Å². The van der Waals surface area contributed by atoms with Crippen LogP contribution in [0.2, 0.25) is 0 Å². The van der Waals surface area contributed by atoms with Crippen LogP contribution in [0.25, 0.3) is 0 Å². The Morgan fingerprint density at radius 1 is 1.41 bits per heavy atom. The number of aliphatic hydroxyl groups excluding tert-OH is 1. The number of halogens is 3. The first-order valence-corrected chi connectivity index (χ1v) is 5.31. The molecule has 1 aromatic heterocycles. The molecule has 0 aliphatic heterocycles. The van der Waals surface area contributed by atoms with Crippen LogP contribution in [-0.2, 0) is 16.7 Å². The van der Waals surface area contributed by atoms with E-state index >= 15 is 0 Å². The van der Waals surface area contributed by atoms with Crippen molar-refractivity contribution in [3.05, 3.63) is 28.3 Å². The molecule has 1 N–H and O–H groups in total. The molecule has 1 heterocycles. The lowest BCUT2D eigenvalue weighted by atomic mass is 10.4. The van der Waals surface area contributed by atoms with Crippen LogP contribution >= 0.6 is 0 Å². The SMILES string of the molecule is O=c1cc(CO)occ1OS(=O)(=O)C(F)(F)F. The van der Waals surface area contributed by atoms with Crippen LogP contribution in [-0.4, -0.2) is 19.0 Å². The molecule has 0 radical (unpaired) electrons. The summed E-state index contributed by atoms with van der Waals surface area (Å²) in [4.78, 5) is 11.1. The van der Waals surface area contributed by atoms with E-state index in [1.54, 1.807) is 0 Å². The molecular weight excluding hydrogens is 269 g/mol. The number of aliphatic hydroxyl groups is 1. The van der Waals surface area contributed by atoms with E-state index in [-0.39, 0.29) is 5.76 Å². The lowest BCUT2D eigenvalue weighted by molar-refractivity contribution is -0.0500. The third kappa shape index (κ3) is 2.97. The minimum absolute atomic E-state index is 0.244. The molecule has 0 spiro atoms. The zero-order valence-corrected chi connectivity index (χ0v) is 8.71. The average molecular weight is 274 g/mol. The summed E-state index contributed by atoms with van der Waals surface area (Å²) in [6.45, 7) is -0.665. The fourth-order valence-electron chi connectivity index (χ4n) is 0.748. The quantitative estimate of drug-likeness (QED) is 0.631. The maximum Gasteiger partial charge on any atom is 0.534 e. The van der Waals surface area contributed by atoms with Crippen molar-refractivity contribution in [3.8, 4) is 5.75 Å². The van der Waals surface area contributed by atoms with Crippen LogP contribution in [0.1, 0.15) is 5.76 Å². The third-order valence-electron chi connectivity index (χ3n) is 1.49. The Balaban J connectivity index is 3.10. The van der Waals surface area contributed by atoms with E-state index in [4.69, 9.17) is 5.11 Å². The van der Waals surface area contributed by atoms with Gasteiger partial charge >= 0.3 is 15.6 Å². The third-order valence-corrected chi connectivity index (χ3v) is 2.46. The monoisotopic (exact) mass is 274 g/mol. The van der Waals surface area contributed by atoms with Gasteiger partial charge in [-0.15, -0.1) is 0 Å². The summed E-state index contributed by atoms with van der Waals surface area (Å²) >= 11 is 0. The summed E-state index contributed by atoms with van der Waals surface area (Å²) in [7, 11) is -5.92. The maximum absolute atomic E-state index is 11.9. The van der Waals surface area contributed by atoms with Gasteiger partial charge in [0.25, 0.3) is 0 Å². The van der Waals surface area contributed by atoms with Gasteiger partial charge in [-0.1, -0.05) is 0 Å². The smallest absolute Gasteiger partial charge is 0.463 e. The van der Waals surface area contributed by atoms with Gasteiger partial charge in [0.2, 0.25) is 11.2 Å². The topological polar surface area (TPSA) is 93.8 Å². The van der Waals surface area contributed by atoms with Crippen molar-refractivity contribution >= 4 is 10.1 Å². The molecule has 0 amide bonds. The predicted molar refractivity (Wildman–Crippen MR) is 46.5 cm³/mol. The van der Waals surface area contributed by atoms with Gasteiger partial charge in [-0.25, -0.2) is 0 Å². The van der Waals surface area contributed by atoms with Crippen LogP contribution in [0.5, 0.6) is 5.75 Å². The van der Waals surface area contributed by atoms with E-state index in [1.165, 1.54) is 0 Å². The first-order valence-electron chi connectivity index (χ1n) is 3.90. The largest absolute Gasteiger partial charge is 0.534 e. The molecule has 0 aliphatic carbocycles. The molecule has 0 aromatic carbocycles. The Morgan fingerprint density at radius 2 is 2.00 bits per heavy atom. The van der Waals surface area contributed by atoms with Gasteiger partial charge in [-0.3, -0.25) is 4.79 Å². The van der Waals surface area contributed by atoms with E-state index in [1.807, 2.05) is 0 Å². The van der Waals surface area contributed by atoms with Crippen molar-refractivity contribution in [2.24, 2.45) is 0 Å². The fourth-order valence-corrected chi connectivity index (χ4v) is 1.20. The Morgan fingerprint density at radius 3 is 2.41 bits per heavy atom. The summed E-state index contributed by atoms with van der Waals surface area (Å²) in [6, 6.07) is 0.612. The van der Waals surface area contributed by atoms with Gasteiger partial charge in [0.15, 0.2) is 0 Å². The summed E-state index contributed by atoms with van der Waals surface area (Å²) < 4.78 is 64.8. The molecule has 0 unspecified atom stereocenters. The number of rotatable bonds is 3. The van der Waals surface area contributed by atoms with Crippen LogP contribution in [0.4, 0.5) is 13.2 Å². The minimum Gasteiger partial charge on any atom is -0.463 e. The van der Waals surface area contributed by atoms with Gasteiger partial charge < -0.3 is 13.7 Å². The van der Waals surface area contributed by atoms with Gasteiger partial charge in [0.1, 0.15) is 18.6 Å². The van der Waals surface area contributed by atoms with E-state index in [0.29, 0.717) is 12.3 Å².